The summed E-state index contributed by atoms with van der Waals surface area (Å²) in [6, 6.07) is 0. The quantitative estimate of drug-likeness (QED) is 0.745. The summed E-state index contributed by atoms with van der Waals surface area (Å²) >= 11 is 0. The van der Waals surface area contributed by atoms with Gasteiger partial charge in [-0.05, 0) is 39.2 Å². The second-order valence-electron chi connectivity index (χ2n) is 5.94. The Morgan fingerprint density at radius 3 is 2.24 bits per heavy atom. The third-order valence-electron chi connectivity index (χ3n) is 2.80. The number of halogens is 1. The second kappa shape index (κ2) is 6.74. The maximum Gasteiger partial charge on any atom is 0.410 e. The van der Waals surface area contributed by atoms with Gasteiger partial charge in [0.1, 0.15) is 18.0 Å². The third kappa shape index (κ3) is 6.90. The minimum Gasteiger partial charge on any atom is -0.444 e. The van der Waals surface area contributed by atoms with Crippen LogP contribution in [0, 0.1) is 0 Å². The molecular formula is C13H22FNO5S. The minimum absolute atomic E-state index is 0.344. The number of amides is 1. The van der Waals surface area contributed by atoms with Crippen molar-refractivity contribution in [3.8, 4) is 0 Å². The molecule has 0 unspecified atom stereocenters. The molecule has 0 saturated carbocycles. The van der Waals surface area contributed by atoms with Gasteiger partial charge >= 0.3 is 6.09 Å². The summed E-state index contributed by atoms with van der Waals surface area (Å²) in [5.41, 5.74) is -0.0830. The molecule has 0 aliphatic carbocycles. The lowest BCUT2D eigenvalue weighted by Crippen LogP contribution is -2.40. The Labute approximate surface area is 125 Å². The van der Waals surface area contributed by atoms with Crippen molar-refractivity contribution in [3.63, 3.8) is 0 Å². The monoisotopic (exact) mass is 323 g/mol. The highest BCUT2D eigenvalue weighted by molar-refractivity contribution is 7.85. The summed E-state index contributed by atoms with van der Waals surface area (Å²) in [5.74, 6) is -0.579. The van der Waals surface area contributed by atoms with E-state index < -0.39 is 34.2 Å². The van der Waals surface area contributed by atoms with Crippen LogP contribution in [0.1, 0.15) is 33.6 Å². The van der Waals surface area contributed by atoms with Crippen LogP contribution in [0.2, 0.25) is 0 Å². The van der Waals surface area contributed by atoms with Gasteiger partial charge in [0.15, 0.2) is 0 Å². The molecule has 0 aromatic heterocycles. The van der Waals surface area contributed by atoms with Crippen LogP contribution in [0.25, 0.3) is 0 Å². The van der Waals surface area contributed by atoms with E-state index in [4.69, 9.17) is 4.74 Å². The first-order valence-corrected chi connectivity index (χ1v) is 8.48. The highest BCUT2D eigenvalue weighted by Gasteiger charge is 2.26. The number of likely N-dealkylation sites (tertiary alicyclic amines) is 1. The number of hydrogen-bond acceptors (Lipinski definition) is 5. The second-order valence-corrected chi connectivity index (χ2v) is 7.59. The first kappa shape index (κ1) is 17.9. The molecule has 0 aromatic carbocycles. The Bertz CT molecular complexity index is 511. The normalized spacial score (nSPS) is 16.8. The number of nitrogens with zero attached hydrogens (tertiary/aromatic N) is 1. The molecule has 0 spiro atoms. The zero-order valence-electron chi connectivity index (χ0n) is 12.8. The van der Waals surface area contributed by atoms with Crippen molar-refractivity contribution in [2.75, 3.05) is 26.0 Å². The van der Waals surface area contributed by atoms with E-state index in [1.807, 2.05) is 0 Å². The predicted molar refractivity (Wildman–Crippen MR) is 76.0 cm³/mol. The van der Waals surface area contributed by atoms with Gasteiger partial charge < -0.3 is 9.64 Å². The van der Waals surface area contributed by atoms with Crippen molar-refractivity contribution in [3.05, 3.63) is 11.4 Å². The van der Waals surface area contributed by atoms with Crippen LogP contribution < -0.4 is 0 Å². The SMILES string of the molecule is CC(C)(C)OC(=O)N1CCC(=C(F)COS(C)(=O)=O)CC1. The minimum atomic E-state index is -3.66. The zero-order chi connectivity index (χ0) is 16.3. The number of carbonyl (C=O) groups excluding carboxylic acids is 1. The molecule has 1 saturated heterocycles. The van der Waals surface area contributed by atoms with Gasteiger partial charge in [0, 0.05) is 13.1 Å². The van der Waals surface area contributed by atoms with Crippen molar-refractivity contribution in [1.82, 2.24) is 4.90 Å². The molecule has 0 radical (unpaired) electrons. The van der Waals surface area contributed by atoms with E-state index in [9.17, 15) is 17.6 Å². The van der Waals surface area contributed by atoms with E-state index in [1.165, 1.54) is 4.90 Å². The van der Waals surface area contributed by atoms with Crippen molar-refractivity contribution < 1.29 is 26.5 Å². The molecule has 1 fully saturated rings. The Hall–Kier alpha value is -1.15. The van der Waals surface area contributed by atoms with Gasteiger partial charge in [0.25, 0.3) is 10.1 Å². The molecule has 0 atom stereocenters. The average molecular weight is 323 g/mol. The summed E-state index contributed by atoms with van der Waals surface area (Å²) in [7, 11) is -3.66. The van der Waals surface area contributed by atoms with E-state index >= 15 is 0 Å². The van der Waals surface area contributed by atoms with Crippen molar-refractivity contribution in [2.24, 2.45) is 0 Å². The summed E-state index contributed by atoms with van der Waals surface area (Å²) in [6.45, 7) is 5.45. The van der Waals surface area contributed by atoms with E-state index in [0.29, 0.717) is 31.5 Å². The van der Waals surface area contributed by atoms with Gasteiger partial charge in [-0.15, -0.1) is 0 Å². The Kier molecular flexibility index (Phi) is 5.75. The van der Waals surface area contributed by atoms with Gasteiger partial charge in [0.05, 0.1) is 6.26 Å². The number of ether oxygens (including phenoxy) is 1. The fraction of sp³-hybridized carbons (Fsp3) is 0.769. The molecule has 0 N–H and O–H groups in total. The number of rotatable bonds is 3. The standard InChI is InChI=1S/C13H22FNO5S/c1-13(2,3)20-12(16)15-7-5-10(6-8-15)11(14)9-19-21(4,17)18/h5-9H2,1-4H3. The molecule has 0 aromatic rings. The highest BCUT2D eigenvalue weighted by atomic mass is 32.2. The van der Waals surface area contributed by atoms with Gasteiger partial charge in [-0.25, -0.2) is 9.18 Å². The van der Waals surface area contributed by atoms with Gasteiger partial charge in [-0.1, -0.05) is 0 Å². The van der Waals surface area contributed by atoms with Crippen LogP contribution in [-0.4, -0.2) is 51.0 Å². The molecule has 1 aliphatic rings. The molecule has 1 amide bonds. The van der Waals surface area contributed by atoms with Crippen LogP contribution in [0.4, 0.5) is 9.18 Å². The fourth-order valence-corrected chi connectivity index (χ4v) is 2.14. The van der Waals surface area contributed by atoms with Crippen LogP contribution in [0.3, 0.4) is 0 Å². The number of piperidine rings is 1. The molecule has 21 heavy (non-hydrogen) atoms. The summed E-state index contributed by atoms with van der Waals surface area (Å²) in [4.78, 5) is 13.4. The Morgan fingerprint density at radius 1 is 1.29 bits per heavy atom. The number of carbonyl (C=O) groups is 1. The lowest BCUT2D eigenvalue weighted by atomic mass is 10.0. The lowest BCUT2D eigenvalue weighted by molar-refractivity contribution is 0.0235. The molecule has 8 heteroatoms. The lowest BCUT2D eigenvalue weighted by Gasteiger charge is -2.31. The first-order valence-electron chi connectivity index (χ1n) is 6.67. The summed E-state index contributed by atoms with van der Waals surface area (Å²) in [5, 5.41) is 0. The van der Waals surface area contributed by atoms with Gasteiger partial charge in [-0.3, -0.25) is 4.18 Å². The fourth-order valence-electron chi connectivity index (χ4n) is 1.82. The molecule has 0 bridgehead atoms. The smallest absolute Gasteiger partial charge is 0.410 e. The van der Waals surface area contributed by atoms with Crippen LogP contribution in [0.15, 0.2) is 11.4 Å². The maximum atomic E-state index is 13.8. The molecule has 1 heterocycles. The Morgan fingerprint density at radius 2 is 1.81 bits per heavy atom. The molecule has 122 valence electrons. The van der Waals surface area contributed by atoms with Gasteiger partial charge in [-0.2, -0.15) is 8.42 Å². The summed E-state index contributed by atoms with van der Waals surface area (Å²) in [6.07, 6.45) is 1.14. The molecule has 6 nitrogen and oxygen atoms in total. The average Bonchev–Trinajstić information content (AvgIpc) is 2.33. The van der Waals surface area contributed by atoms with Crippen LogP contribution in [0.5, 0.6) is 0 Å². The largest absolute Gasteiger partial charge is 0.444 e. The summed E-state index contributed by atoms with van der Waals surface area (Å²) < 4.78 is 45.1. The zero-order valence-corrected chi connectivity index (χ0v) is 13.6. The van der Waals surface area contributed by atoms with E-state index in [-0.39, 0.29) is 0 Å². The predicted octanol–water partition coefficient (Wildman–Crippen LogP) is 2.22. The maximum absolute atomic E-state index is 13.8. The molecule has 1 rings (SSSR count). The van der Waals surface area contributed by atoms with Crippen LogP contribution in [-0.2, 0) is 19.0 Å². The van der Waals surface area contributed by atoms with E-state index in [2.05, 4.69) is 4.18 Å². The Balaban J connectivity index is 2.53. The van der Waals surface area contributed by atoms with E-state index in [0.717, 1.165) is 6.26 Å². The third-order valence-corrected chi connectivity index (χ3v) is 3.35. The van der Waals surface area contributed by atoms with Crippen molar-refractivity contribution in [1.29, 1.82) is 0 Å². The molecule has 1 aliphatic heterocycles. The van der Waals surface area contributed by atoms with Gasteiger partial charge in [0.2, 0.25) is 0 Å². The molecular weight excluding hydrogens is 301 g/mol. The van der Waals surface area contributed by atoms with Crippen molar-refractivity contribution >= 4 is 16.2 Å². The van der Waals surface area contributed by atoms with Crippen LogP contribution >= 0.6 is 0 Å². The van der Waals surface area contributed by atoms with E-state index in [1.54, 1.807) is 20.8 Å². The topological polar surface area (TPSA) is 72.9 Å². The van der Waals surface area contributed by atoms with Crippen molar-refractivity contribution in [2.45, 2.75) is 39.2 Å². The first-order chi connectivity index (χ1) is 9.48. The highest BCUT2D eigenvalue weighted by Crippen LogP contribution is 2.23. The number of hydrogen-bond donors (Lipinski definition) is 0.